The van der Waals surface area contributed by atoms with Gasteiger partial charge in [0.25, 0.3) is 0 Å². The summed E-state index contributed by atoms with van der Waals surface area (Å²) in [6, 6.07) is 0. The highest BCUT2D eigenvalue weighted by Crippen LogP contribution is 2.66. The second kappa shape index (κ2) is 6.71. The number of carbonyl (C=O) groups excluding carboxylic acids is 1. The molecule has 27 heavy (non-hydrogen) atoms. The fourth-order valence-electron chi connectivity index (χ4n) is 5.78. The van der Waals surface area contributed by atoms with Gasteiger partial charge in [0, 0.05) is 16.1 Å². The summed E-state index contributed by atoms with van der Waals surface area (Å²) in [4.78, 5) is 11.8. The van der Waals surface area contributed by atoms with Crippen molar-refractivity contribution in [2.75, 3.05) is 6.61 Å². The SMILES string of the molecule is C=C1CC[C@]2(/N=N/O)C(C)(C)[C@H](O)CC[C@@]2(C)[C@@H]1C/C=C1/C(=O)OC[C@H]1O. The van der Waals surface area contributed by atoms with Crippen LogP contribution < -0.4 is 0 Å². The zero-order valence-corrected chi connectivity index (χ0v) is 16.3. The van der Waals surface area contributed by atoms with Crippen LogP contribution in [0.1, 0.15) is 52.9 Å². The molecule has 2 saturated carbocycles. The number of carbonyl (C=O) groups is 1. The van der Waals surface area contributed by atoms with Gasteiger partial charge in [-0.25, -0.2) is 4.79 Å². The van der Waals surface area contributed by atoms with Crippen LogP contribution in [-0.2, 0) is 9.53 Å². The van der Waals surface area contributed by atoms with Gasteiger partial charge in [-0.15, -0.1) is 5.11 Å². The molecule has 7 heteroatoms. The molecule has 0 amide bonds. The summed E-state index contributed by atoms with van der Waals surface area (Å²) in [6.45, 7) is 10.3. The maximum atomic E-state index is 11.8. The third-order valence-electron chi connectivity index (χ3n) is 7.61. The Hall–Kier alpha value is -1.73. The molecular weight excluding hydrogens is 348 g/mol. The molecule has 0 aromatic rings. The van der Waals surface area contributed by atoms with Gasteiger partial charge < -0.3 is 20.2 Å². The molecule has 0 bridgehead atoms. The third-order valence-corrected chi connectivity index (χ3v) is 7.61. The summed E-state index contributed by atoms with van der Waals surface area (Å²) in [5.41, 5.74) is -0.370. The van der Waals surface area contributed by atoms with E-state index in [4.69, 9.17) is 4.74 Å². The zero-order valence-electron chi connectivity index (χ0n) is 16.3. The standard InChI is InChI=1S/C20H30N2O5/c1-12-7-10-20(21-22-26)18(2,3)16(24)8-9-19(20,4)14(12)6-5-13-15(23)11-27-17(13)25/h5,14-16,23-24H,1,6-11H2,2-4H3,(H,21,26)/b13-5+/t14-,15-,16-,19+,20+/m1/s1. The lowest BCUT2D eigenvalue weighted by Crippen LogP contribution is -2.66. The van der Waals surface area contributed by atoms with E-state index in [0.29, 0.717) is 37.7 Å². The largest absolute Gasteiger partial charge is 0.459 e. The van der Waals surface area contributed by atoms with Gasteiger partial charge in [0.05, 0.1) is 17.2 Å². The van der Waals surface area contributed by atoms with Crippen molar-refractivity contribution in [2.45, 2.75) is 70.6 Å². The Balaban J connectivity index is 2.03. The summed E-state index contributed by atoms with van der Waals surface area (Å²) >= 11 is 0. The molecule has 0 aromatic heterocycles. The molecule has 1 heterocycles. The molecule has 0 unspecified atom stereocenters. The molecule has 3 fully saturated rings. The Kier molecular flexibility index (Phi) is 4.97. The monoisotopic (exact) mass is 378 g/mol. The van der Waals surface area contributed by atoms with Crippen LogP contribution in [-0.4, -0.2) is 45.7 Å². The van der Waals surface area contributed by atoms with E-state index >= 15 is 0 Å². The smallest absolute Gasteiger partial charge is 0.336 e. The lowest BCUT2D eigenvalue weighted by molar-refractivity contribution is -0.146. The number of aliphatic hydroxyl groups is 2. The van der Waals surface area contributed by atoms with E-state index in [1.54, 1.807) is 6.08 Å². The van der Waals surface area contributed by atoms with Gasteiger partial charge in [0.15, 0.2) is 0 Å². The van der Waals surface area contributed by atoms with E-state index in [1.165, 1.54) is 0 Å². The third kappa shape index (κ3) is 2.74. The normalized spacial score (nSPS) is 43.1. The quantitative estimate of drug-likeness (QED) is 0.230. The Morgan fingerprint density at radius 3 is 2.59 bits per heavy atom. The second-order valence-electron chi connectivity index (χ2n) is 8.96. The zero-order chi connectivity index (χ0) is 20.0. The lowest BCUT2D eigenvalue weighted by atomic mass is 9.42. The van der Waals surface area contributed by atoms with Crippen molar-refractivity contribution in [1.82, 2.24) is 0 Å². The Morgan fingerprint density at radius 1 is 1.30 bits per heavy atom. The highest BCUT2D eigenvalue weighted by Gasteiger charge is 2.66. The topological polar surface area (TPSA) is 112 Å². The van der Waals surface area contributed by atoms with Crippen molar-refractivity contribution in [3.63, 3.8) is 0 Å². The van der Waals surface area contributed by atoms with Crippen LogP contribution in [0.2, 0.25) is 0 Å². The predicted molar refractivity (Wildman–Crippen MR) is 98.0 cm³/mol. The maximum absolute atomic E-state index is 11.8. The van der Waals surface area contributed by atoms with Gasteiger partial charge >= 0.3 is 5.97 Å². The lowest BCUT2D eigenvalue weighted by Gasteiger charge is -2.64. The van der Waals surface area contributed by atoms with Gasteiger partial charge in [0.2, 0.25) is 0 Å². The highest BCUT2D eigenvalue weighted by molar-refractivity contribution is 5.91. The summed E-state index contributed by atoms with van der Waals surface area (Å²) in [6.07, 6.45) is 3.51. The first-order valence-electron chi connectivity index (χ1n) is 9.58. The van der Waals surface area contributed by atoms with Crippen molar-refractivity contribution < 1.29 is 25.0 Å². The number of allylic oxidation sites excluding steroid dienone is 2. The maximum Gasteiger partial charge on any atom is 0.336 e. The van der Waals surface area contributed by atoms with E-state index < -0.39 is 34.5 Å². The summed E-state index contributed by atoms with van der Waals surface area (Å²) in [5.74, 6) is -0.494. The molecule has 1 saturated heterocycles. The van der Waals surface area contributed by atoms with E-state index in [1.807, 2.05) is 13.8 Å². The summed E-state index contributed by atoms with van der Waals surface area (Å²) < 4.78 is 4.90. The van der Waals surface area contributed by atoms with Crippen molar-refractivity contribution in [3.8, 4) is 0 Å². The molecule has 150 valence electrons. The van der Waals surface area contributed by atoms with Crippen LogP contribution in [0.25, 0.3) is 0 Å². The van der Waals surface area contributed by atoms with Gasteiger partial charge in [-0.3, -0.25) is 0 Å². The second-order valence-corrected chi connectivity index (χ2v) is 8.96. The minimum atomic E-state index is -0.895. The van der Waals surface area contributed by atoms with Crippen LogP contribution in [0.15, 0.2) is 34.2 Å². The molecule has 2 aliphatic carbocycles. The van der Waals surface area contributed by atoms with Crippen LogP contribution >= 0.6 is 0 Å². The van der Waals surface area contributed by atoms with E-state index in [9.17, 15) is 20.2 Å². The van der Waals surface area contributed by atoms with Gasteiger partial charge in [-0.1, -0.05) is 39.0 Å². The number of hydrogen-bond donors (Lipinski definition) is 3. The molecule has 0 spiro atoms. The van der Waals surface area contributed by atoms with Gasteiger partial charge in [0.1, 0.15) is 12.7 Å². The number of rotatable bonds is 3. The number of fused-ring (bicyclic) bond motifs is 1. The predicted octanol–water partition coefficient (Wildman–Crippen LogP) is 2.95. The van der Waals surface area contributed by atoms with E-state index in [2.05, 4.69) is 23.9 Å². The van der Waals surface area contributed by atoms with Crippen LogP contribution in [0.5, 0.6) is 0 Å². The minimum absolute atomic E-state index is 0.00453. The number of ether oxygens (including phenoxy) is 1. The Morgan fingerprint density at radius 2 is 2.00 bits per heavy atom. The number of nitrogens with zero attached hydrogens (tertiary/aromatic N) is 2. The Labute approximate surface area is 159 Å². The number of cyclic esters (lactones) is 1. The van der Waals surface area contributed by atoms with E-state index in [0.717, 1.165) is 5.57 Å². The van der Waals surface area contributed by atoms with Crippen LogP contribution in [0, 0.1) is 16.7 Å². The van der Waals surface area contributed by atoms with Crippen molar-refractivity contribution in [1.29, 1.82) is 0 Å². The van der Waals surface area contributed by atoms with E-state index in [-0.39, 0.29) is 12.5 Å². The fourth-order valence-corrected chi connectivity index (χ4v) is 5.78. The highest BCUT2D eigenvalue weighted by atomic mass is 16.6. The molecule has 3 aliphatic rings. The average Bonchev–Trinajstić information content (AvgIpc) is 2.92. The molecule has 1 aliphatic heterocycles. The summed E-state index contributed by atoms with van der Waals surface area (Å²) in [7, 11) is 0. The first kappa shape index (κ1) is 20.0. The molecule has 7 nitrogen and oxygen atoms in total. The van der Waals surface area contributed by atoms with Gasteiger partial charge in [-0.2, -0.15) is 0 Å². The molecule has 5 atom stereocenters. The summed E-state index contributed by atoms with van der Waals surface area (Å²) in [5, 5.41) is 37.5. The van der Waals surface area contributed by atoms with Crippen molar-refractivity contribution in [3.05, 3.63) is 23.8 Å². The average molecular weight is 378 g/mol. The Bertz CT molecular complexity index is 700. The minimum Gasteiger partial charge on any atom is -0.459 e. The fraction of sp³-hybridized carbons (Fsp3) is 0.750. The molecular formula is C20H30N2O5. The van der Waals surface area contributed by atoms with Gasteiger partial charge in [-0.05, 0) is 38.0 Å². The molecule has 3 N–H and O–H groups in total. The molecule has 0 radical (unpaired) electrons. The van der Waals surface area contributed by atoms with Crippen molar-refractivity contribution in [2.24, 2.45) is 27.1 Å². The van der Waals surface area contributed by atoms with Crippen LogP contribution in [0.3, 0.4) is 0 Å². The van der Waals surface area contributed by atoms with Crippen molar-refractivity contribution >= 4 is 5.97 Å². The first-order valence-corrected chi connectivity index (χ1v) is 9.58. The van der Waals surface area contributed by atoms with Crippen LogP contribution in [0.4, 0.5) is 0 Å². The number of esters is 1. The molecule has 0 aromatic carbocycles. The number of hydrogen-bond acceptors (Lipinski definition) is 6. The number of aliphatic hydroxyl groups excluding tert-OH is 2. The molecule has 3 rings (SSSR count). The first-order chi connectivity index (χ1) is 12.6.